The van der Waals surface area contributed by atoms with Gasteiger partial charge in [0, 0.05) is 16.3 Å². The Labute approximate surface area is 131 Å². The van der Waals surface area contributed by atoms with E-state index in [0.29, 0.717) is 6.42 Å². The molecule has 0 spiro atoms. The fourth-order valence-electron chi connectivity index (χ4n) is 2.20. The third-order valence-electron chi connectivity index (χ3n) is 3.44. The second-order valence-electron chi connectivity index (χ2n) is 4.97. The van der Waals surface area contributed by atoms with Crippen molar-refractivity contribution < 1.29 is 8.42 Å². The van der Waals surface area contributed by atoms with E-state index in [1.807, 2.05) is 6.07 Å². The SMILES string of the molecule is CCNC(CCCS(=O)(=O)CC)c1cccc(C)c1Br. The van der Waals surface area contributed by atoms with Crippen molar-refractivity contribution in [3.05, 3.63) is 33.8 Å². The molecule has 0 aliphatic heterocycles. The highest BCUT2D eigenvalue weighted by molar-refractivity contribution is 9.10. The number of benzene rings is 1. The van der Waals surface area contributed by atoms with Crippen LogP contribution in [0.4, 0.5) is 0 Å². The molecular weight excluding hydrogens is 338 g/mol. The van der Waals surface area contributed by atoms with Crippen LogP contribution in [0.2, 0.25) is 0 Å². The lowest BCUT2D eigenvalue weighted by Crippen LogP contribution is -2.22. The molecule has 3 nitrogen and oxygen atoms in total. The Balaban J connectivity index is 2.77. The van der Waals surface area contributed by atoms with Crippen LogP contribution in [0.5, 0.6) is 0 Å². The van der Waals surface area contributed by atoms with Crippen molar-refractivity contribution in [1.82, 2.24) is 5.32 Å². The van der Waals surface area contributed by atoms with E-state index in [0.717, 1.165) is 17.4 Å². The van der Waals surface area contributed by atoms with Gasteiger partial charge in [0.1, 0.15) is 9.84 Å². The predicted octanol–water partition coefficient (Wildman–Crippen LogP) is 3.62. The molecule has 0 aliphatic carbocycles. The lowest BCUT2D eigenvalue weighted by Gasteiger charge is -2.20. The average Bonchev–Trinajstić information content (AvgIpc) is 2.41. The lowest BCUT2D eigenvalue weighted by atomic mass is 10.0. The summed E-state index contributed by atoms with van der Waals surface area (Å²) in [5, 5.41) is 3.45. The summed E-state index contributed by atoms with van der Waals surface area (Å²) in [6, 6.07) is 6.40. The summed E-state index contributed by atoms with van der Waals surface area (Å²) in [5.74, 6) is 0.502. The fraction of sp³-hybridized carbons (Fsp3) is 0.600. The van der Waals surface area contributed by atoms with Gasteiger partial charge < -0.3 is 5.32 Å². The monoisotopic (exact) mass is 361 g/mol. The highest BCUT2D eigenvalue weighted by atomic mass is 79.9. The number of nitrogens with one attached hydrogen (secondary N) is 1. The van der Waals surface area contributed by atoms with Gasteiger partial charge in [-0.05, 0) is 37.4 Å². The quantitative estimate of drug-likeness (QED) is 0.768. The summed E-state index contributed by atoms with van der Waals surface area (Å²) in [6.45, 7) is 6.71. The molecule has 0 amide bonds. The first-order valence-electron chi connectivity index (χ1n) is 7.10. The van der Waals surface area contributed by atoms with Gasteiger partial charge in [-0.3, -0.25) is 0 Å². The zero-order valence-electron chi connectivity index (χ0n) is 12.4. The molecule has 114 valence electrons. The highest BCUT2D eigenvalue weighted by Crippen LogP contribution is 2.29. The van der Waals surface area contributed by atoms with Gasteiger partial charge >= 0.3 is 0 Å². The van der Waals surface area contributed by atoms with E-state index in [1.165, 1.54) is 11.1 Å². The zero-order chi connectivity index (χ0) is 15.2. The van der Waals surface area contributed by atoms with Gasteiger partial charge in [0.15, 0.2) is 0 Å². The summed E-state index contributed by atoms with van der Waals surface area (Å²) < 4.78 is 24.2. The molecule has 1 atom stereocenters. The van der Waals surface area contributed by atoms with E-state index in [2.05, 4.69) is 47.2 Å². The van der Waals surface area contributed by atoms with Crippen LogP contribution in [0.25, 0.3) is 0 Å². The van der Waals surface area contributed by atoms with Crippen LogP contribution in [0, 0.1) is 6.92 Å². The van der Waals surface area contributed by atoms with Crippen molar-refractivity contribution in [3.63, 3.8) is 0 Å². The van der Waals surface area contributed by atoms with Crippen molar-refractivity contribution >= 4 is 25.8 Å². The minimum absolute atomic E-state index is 0.196. The summed E-state index contributed by atoms with van der Waals surface area (Å²) in [6.07, 6.45) is 1.52. The maximum Gasteiger partial charge on any atom is 0.150 e. The minimum atomic E-state index is -2.87. The van der Waals surface area contributed by atoms with Crippen LogP contribution in [-0.4, -0.2) is 26.5 Å². The summed E-state index contributed by atoms with van der Waals surface area (Å²) in [4.78, 5) is 0. The van der Waals surface area contributed by atoms with Gasteiger partial charge in [0.25, 0.3) is 0 Å². The average molecular weight is 362 g/mol. The molecule has 1 aromatic carbocycles. The van der Waals surface area contributed by atoms with Gasteiger partial charge in [0.2, 0.25) is 0 Å². The van der Waals surface area contributed by atoms with Gasteiger partial charge in [-0.2, -0.15) is 0 Å². The number of hydrogen-bond donors (Lipinski definition) is 1. The lowest BCUT2D eigenvalue weighted by molar-refractivity contribution is 0.505. The molecular formula is C15H24BrNO2S. The molecule has 0 heterocycles. The highest BCUT2D eigenvalue weighted by Gasteiger charge is 2.16. The maximum absolute atomic E-state index is 11.6. The largest absolute Gasteiger partial charge is 0.310 e. The van der Waals surface area contributed by atoms with E-state index in [-0.39, 0.29) is 17.5 Å². The Kier molecular flexibility index (Phi) is 7.20. The first-order valence-corrected chi connectivity index (χ1v) is 9.71. The van der Waals surface area contributed by atoms with Gasteiger partial charge in [-0.15, -0.1) is 0 Å². The van der Waals surface area contributed by atoms with Crippen molar-refractivity contribution in [2.75, 3.05) is 18.1 Å². The number of hydrogen-bond acceptors (Lipinski definition) is 3. The summed E-state index contributed by atoms with van der Waals surface area (Å²) in [5.41, 5.74) is 2.41. The van der Waals surface area contributed by atoms with E-state index in [1.54, 1.807) is 6.92 Å². The second-order valence-corrected chi connectivity index (χ2v) is 8.23. The number of halogens is 1. The Hall–Kier alpha value is -0.390. The first-order chi connectivity index (χ1) is 9.41. The molecule has 5 heteroatoms. The fourth-order valence-corrected chi connectivity index (χ4v) is 3.64. The summed E-state index contributed by atoms with van der Waals surface area (Å²) in [7, 11) is -2.87. The van der Waals surface area contributed by atoms with Crippen molar-refractivity contribution in [3.8, 4) is 0 Å². The van der Waals surface area contributed by atoms with Crippen LogP contribution in [0.1, 0.15) is 43.9 Å². The standard InChI is InChI=1S/C15H24BrNO2S/c1-4-17-14(10-7-11-20(18,19)5-2)13-9-6-8-12(3)15(13)16/h6,8-9,14,17H,4-5,7,10-11H2,1-3H3. The maximum atomic E-state index is 11.6. The van der Waals surface area contributed by atoms with Gasteiger partial charge in [-0.1, -0.05) is 48.0 Å². The molecule has 0 radical (unpaired) electrons. The van der Waals surface area contributed by atoms with Crippen molar-refractivity contribution in [2.24, 2.45) is 0 Å². The van der Waals surface area contributed by atoms with Crippen molar-refractivity contribution in [1.29, 1.82) is 0 Å². The molecule has 1 rings (SSSR count). The van der Waals surface area contributed by atoms with E-state index in [9.17, 15) is 8.42 Å². The molecule has 1 unspecified atom stereocenters. The van der Waals surface area contributed by atoms with Gasteiger partial charge in [0.05, 0.1) is 5.75 Å². The summed E-state index contributed by atoms with van der Waals surface area (Å²) >= 11 is 3.64. The van der Waals surface area contributed by atoms with E-state index in [4.69, 9.17) is 0 Å². The first kappa shape index (κ1) is 17.7. The number of rotatable bonds is 8. The molecule has 0 aromatic heterocycles. The predicted molar refractivity (Wildman–Crippen MR) is 88.9 cm³/mol. The molecule has 0 fully saturated rings. The Bertz CT molecular complexity index is 529. The topological polar surface area (TPSA) is 46.2 Å². The number of sulfone groups is 1. The minimum Gasteiger partial charge on any atom is -0.310 e. The van der Waals surface area contributed by atoms with Crippen LogP contribution in [0.15, 0.2) is 22.7 Å². The molecule has 0 bridgehead atoms. The molecule has 0 aliphatic rings. The van der Waals surface area contributed by atoms with Crippen molar-refractivity contribution in [2.45, 2.75) is 39.7 Å². The zero-order valence-corrected chi connectivity index (χ0v) is 14.9. The smallest absolute Gasteiger partial charge is 0.150 e. The molecule has 1 aromatic rings. The van der Waals surface area contributed by atoms with Crippen LogP contribution >= 0.6 is 15.9 Å². The Morgan fingerprint density at radius 3 is 2.60 bits per heavy atom. The third kappa shape index (κ3) is 5.19. The van der Waals surface area contributed by atoms with E-state index >= 15 is 0 Å². The van der Waals surface area contributed by atoms with Crippen LogP contribution in [-0.2, 0) is 9.84 Å². The Morgan fingerprint density at radius 2 is 2.00 bits per heavy atom. The molecule has 1 N–H and O–H groups in total. The molecule has 0 saturated heterocycles. The van der Waals surface area contributed by atoms with Crippen LogP contribution < -0.4 is 5.32 Å². The molecule has 0 saturated carbocycles. The Morgan fingerprint density at radius 1 is 1.30 bits per heavy atom. The van der Waals surface area contributed by atoms with E-state index < -0.39 is 9.84 Å². The number of aryl methyl sites for hydroxylation is 1. The van der Waals surface area contributed by atoms with Gasteiger partial charge in [-0.25, -0.2) is 8.42 Å². The normalized spacial score (nSPS) is 13.4. The molecule has 20 heavy (non-hydrogen) atoms. The second kappa shape index (κ2) is 8.15. The third-order valence-corrected chi connectivity index (χ3v) is 6.31. The van der Waals surface area contributed by atoms with Crippen LogP contribution in [0.3, 0.4) is 0 Å².